The van der Waals surface area contributed by atoms with E-state index in [9.17, 15) is 5.26 Å². The molecule has 0 amide bonds. The van der Waals surface area contributed by atoms with E-state index in [4.69, 9.17) is 4.52 Å². The summed E-state index contributed by atoms with van der Waals surface area (Å²) in [6.45, 7) is 4.62. The van der Waals surface area contributed by atoms with Crippen LogP contribution in [0.2, 0.25) is 0 Å². The van der Waals surface area contributed by atoms with E-state index in [0.717, 1.165) is 44.0 Å². The molecule has 1 atom stereocenters. The number of anilines is 1. The molecule has 0 unspecified atom stereocenters. The van der Waals surface area contributed by atoms with Gasteiger partial charge in [-0.25, -0.2) is 4.98 Å². The Kier molecular flexibility index (Phi) is 5.06. The molecule has 1 aliphatic heterocycles. The van der Waals surface area contributed by atoms with Crippen LogP contribution in [0.15, 0.2) is 22.9 Å². The number of likely N-dealkylation sites (N-methyl/N-ethyl adjacent to an activating group) is 1. The van der Waals surface area contributed by atoms with Gasteiger partial charge in [-0.3, -0.25) is 4.90 Å². The molecule has 2 aromatic heterocycles. The summed E-state index contributed by atoms with van der Waals surface area (Å²) in [5.41, 5.74) is 0.614. The van der Waals surface area contributed by atoms with Gasteiger partial charge in [-0.2, -0.15) is 10.2 Å². The largest absolute Gasteiger partial charge is 0.354 e. The number of nitrogens with zero attached hydrogens (tertiary/aromatic N) is 6. The van der Waals surface area contributed by atoms with Crippen LogP contribution in [0.3, 0.4) is 0 Å². The summed E-state index contributed by atoms with van der Waals surface area (Å²) in [6, 6.07) is 6.15. The van der Waals surface area contributed by atoms with Gasteiger partial charge in [0.2, 0.25) is 5.89 Å². The number of aromatic nitrogens is 3. The minimum atomic E-state index is 0.318. The normalized spacial score (nSPS) is 18.3. The molecule has 0 aliphatic carbocycles. The van der Waals surface area contributed by atoms with E-state index in [1.165, 1.54) is 0 Å². The Balaban J connectivity index is 1.67. The summed E-state index contributed by atoms with van der Waals surface area (Å²) in [4.78, 5) is 13.2. The van der Waals surface area contributed by atoms with E-state index in [1.54, 1.807) is 12.3 Å². The van der Waals surface area contributed by atoms with Gasteiger partial charge >= 0.3 is 0 Å². The van der Waals surface area contributed by atoms with Crippen LogP contribution in [0.4, 0.5) is 5.82 Å². The van der Waals surface area contributed by atoms with Gasteiger partial charge in [0, 0.05) is 32.3 Å². The standard InChI is InChI=1S/C17H22N6O/c1-3-16-20-15(21-24-16)12-23-9-5-7-14(11-23)22(2)17-13(10-18)6-4-8-19-17/h4,6,8,14H,3,5,7,9,11-12H2,1-2H3/t14-/m0/s1. The zero-order valence-electron chi connectivity index (χ0n) is 14.1. The predicted octanol–water partition coefficient (Wildman–Crippen LogP) is 2.00. The zero-order chi connectivity index (χ0) is 16.9. The number of hydrogen-bond acceptors (Lipinski definition) is 7. The van der Waals surface area contributed by atoms with Gasteiger partial charge < -0.3 is 9.42 Å². The first kappa shape index (κ1) is 16.4. The number of hydrogen-bond donors (Lipinski definition) is 0. The third-order valence-corrected chi connectivity index (χ3v) is 4.45. The average molecular weight is 326 g/mol. The van der Waals surface area contributed by atoms with Gasteiger partial charge in [0.1, 0.15) is 11.9 Å². The first-order chi connectivity index (χ1) is 11.7. The lowest BCUT2D eigenvalue weighted by Gasteiger charge is -2.37. The highest BCUT2D eigenvalue weighted by Gasteiger charge is 2.26. The molecule has 0 N–H and O–H groups in total. The zero-order valence-corrected chi connectivity index (χ0v) is 14.1. The molecule has 1 aliphatic rings. The third-order valence-electron chi connectivity index (χ3n) is 4.45. The maximum absolute atomic E-state index is 9.28. The molecule has 3 rings (SSSR count). The lowest BCUT2D eigenvalue weighted by Crippen LogP contribution is -2.46. The predicted molar refractivity (Wildman–Crippen MR) is 89.3 cm³/mol. The van der Waals surface area contributed by atoms with Crippen LogP contribution in [0, 0.1) is 11.3 Å². The van der Waals surface area contributed by atoms with E-state index in [0.29, 0.717) is 24.0 Å². The van der Waals surface area contributed by atoms with E-state index in [1.807, 2.05) is 20.0 Å². The van der Waals surface area contributed by atoms with Crippen LogP contribution < -0.4 is 4.90 Å². The van der Waals surface area contributed by atoms with Crippen molar-refractivity contribution >= 4 is 5.82 Å². The summed E-state index contributed by atoms with van der Waals surface area (Å²) >= 11 is 0. The van der Waals surface area contributed by atoms with Crippen molar-refractivity contribution in [3.63, 3.8) is 0 Å². The molecule has 0 radical (unpaired) electrons. The Morgan fingerprint density at radius 3 is 3.12 bits per heavy atom. The smallest absolute Gasteiger partial charge is 0.226 e. The lowest BCUT2D eigenvalue weighted by atomic mass is 10.0. The van der Waals surface area contributed by atoms with Gasteiger partial charge in [-0.15, -0.1) is 0 Å². The number of likely N-dealkylation sites (tertiary alicyclic amines) is 1. The molecule has 2 aromatic rings. The first-order valence-corrected chi connectivity index (χ1v) is 8.33. The van der Waals surface area contributed by atoms with Crippen LogP contribution >= 0.6 is 0 Å². The maximum atomic E-state index is 9.28. The second-order valence-electron chi connectivity index (χ2n) is 6.09. The van der Waals surface area contributed by atoms with Crippen LogP contribution in [0.25, 0.3) is 0 Å². The summed E-state index contributed by atoms with van der Waals surface area (Å²) in [6.07, 6.45) is 4.68. The fourth-order valence-electron chi connectivity index (χ4n) is 3.13. The fraction of sp³-hybridized carbons (Fsp3) is 0.529. The van der Waals surface area contributed by atoms with Crippen molar-refractivity contribution in [1.29, 1.82) is 5.26 Å². The number of nitriles is 1. The van der Waals surface area contributed by atoms with Crippen LogP contribution in [0.1, 0.15) is 37.0 Å². The highest BCUT2D eigenvalue weighted by molar-refractivity contribution is 5.53. The molecule has 3 heterocycles. The highest BCUT2D eigenvalue weighted by atomic mass is 16.5. The van der Waals surface area contributed by atoms with Gasteiger partial charge in [-0.1, -0.05) is 12.1 Å². The van der Waals surface area contributed by atoms with Crippen molar-refractivity contribution in [3.05, 3.63) is 35.6 Å². The summed E-state index contributed by atoms with van der Waals surface area (Å²) in [5.74, 6) is 2.17. The molecule has 24 heavy (non-hydrogen) atoms. The van der Waals surface area contributed by atoms with Crippen LogP contribution in [0.5, 0.6) is 0 Å². The minimum absolute atomic E-state index is 0.318. The molecule has 0 saturated carbocycles. The third kappa shape index (κ3) is 3.54. The van der Waals surface area contributed by atoms with Gasteiger partial charge in [0.15, 0.2) is 5.82 Å². The lowest BCUT2D eigenvalue weighted by molar-refractivity contribution is 0.192. The molecule has 7 nitrogen and oxygen atoms in total. The van der Waals surface area contributed by atoms with Gasteiger partial charge in [-0.05, 0) is 31.5 Å². The first-order valence-electron chi connectivity index (χ1n) is 8.33. The Morgan fingerprint density at radius 1 is 1.50 bits per heavy atom. The Hall–Kier alpha value is -2.46. The fourth-order valence-corrected chi connectivity index (χ4v) is 3.13. The number of piperidine rings is 1. The number of aryl methyl sites for hydroxylation is 1. The van der Waals surface area contributed by atoms with Crippen LogP contribution in [-0.2, 0) is 13.0 Å². The molecule has 126 valence electrons. The Labute approximate surface area is 141 Å². The second kappa shape index (κ2) is 7.41. The summed E-state index contributed by atoms with van der Waals surface area (Å²) in [7, 11) is 2.01. The molecular formula is C17H22N6O. The maximum Gasteiger partial charge on any atom is 0.226 e. The van der Waals surface area contributed by atoms with E-state index >= 15 is 0 Å². The molecule has 1 saturated heterocycles. The van der Waals surface area contributed by atoms with E-state index in [-0.39, 0.29) is 0 Å². The average Bonchev–Trinajstić information content (AvgIpc) is 3.09. The van der Waals surface area contributed by atoms with Gasteiger partial charge in [0.05, 0.1) is 12.1 Å². The van der Waals surface area contributed by atoms with Crippen molar-refractivity contribution in [1.82, 2.24) is 20.0 Å². The Morgan fingerprint density at radius 2 is 2.38 bits per heavy atom. The van der Waals surface area contributed by atoms with E-state index < -0.39 is 0 Å². The summed E-state index contributed by atoms with van der Waals surface area (Å²) in [5, 5.41) is 13.3. The van der Waals surface area contributed by atoms with Crippen LogP contribution in [-0.4, -0.2) is 46.2 Å². The van der Waals surface area contributed by atoms with Crippen molar-refractivity contribution in [2.24, 2.45) is 0 Å². The molecule has 0 spiro atoms. The Bertz CT molecular complexity index is 722. The van der Waals surface area contributed by atoms with Crippen molar-refractivity contribution in [2.45, 2.75) is 38.8 Å². The second-order valence-corrected chi connectivity index (χ2v) is 6.09. The highest BCUT2D eigenvalue weighted by Crippen LogP contribution is 2.23. The topological polar surface area (TPSA) is 82.1 Å². The molecular weight excluding hydrogens is 304 g/mol. The number of pyridine rings is 1. The van der Waals surface area contributed by atoms with Gasteiger partial charge in [0.25, 0.3) is 0 Å². The molecule has 1 fully saturated rings. The minimum Gasteiger partial charge on any atom is -0.354 e. The quantitative estimate of drug-likeness (QED) is 0.831. The van der Waals surface area contributed by atoms with Crippen molar-refractivity contribution in [2.75, 3.05) is 25.0 Å². The number of rotatable bonds is 5. The van der Waals surface area contributed by atoms with Crippen molar-refractivity contribution in [3.8, 4) is 6.07 Å². The molecule has 7 heteroatoms. The molecule has 0 bridgehead atoms. The summed E-state index contributed by atoms with van der Waals surface area (Å²) < 4.78 is 5.18. The molecule has 0 aromatic carbocycles. The van der Waals surface area contributed by atoms with E-state index in [2.05, 4.69) is 31.0 Å². The SMILES string of the molecule is CCc1nc(CN2CCC[C@H](N(C)c3ncccc3C#N)C2)no1. The van der Waals surface area contributed by atoms with Crippen molar-refractivity contribution < 1.29 is 4.52 Å². The monoisotopic (exact) mass is 326 g/mol.